The Labute approximate surface area is 147 Å². The van der Waals surface area contributed by atoms with Gasteiger partial charge in [0.25, 0.3) is 0 Å². The average Bonchev–Trinajstić information content (AvgIpc) is 3.39. The quantitative estimate of drug-likeness (QED) is 0.925. The summed E-state index contributed by atoms with van der Waals surface area (Å²) < 4.78 is 13.4. The molecule has 0 saturated carbocycles. The molecule has 0 bridgehead atoms. The number of furan rings is 1. The minimum Gasteiger partial charge on any atom is -0.469 e. The highest BCUT2D eigenvalue weighted by atomic mass is 16.5. The molecule has 7 heteroatoms. The maximum absolute atomic E-state index is 12.7. The first-order valence-electron chi connectivity index (χ1n) is 8.97. The summed E-state index contributed by atoms with van der Waals surface area (Å²) in [6.45, 7) is 5.00. The van der Waals surface area contributed by atoms with Crippen molar-refractivity contribution in [3.8, 4) is 0 Å². The molecule has 2 aliphatic rings. The molecule has 4 heterocycles. The largest absolute Gasteiger partial charge is 0.469 e. The number of nitrogens with one attached hydrogen (secondary N) is 1. The van der Waals surface area contributed by atoms with Crippen LogP contribution in [0.15, 0.2) is 35.2 Å². The van der Waals surface area contributed by atoms with E-state index >= 15 is 0 Å². The van der Waals surface area contributed by atoms with Crippen molar-refractivity contribution in [3.05, 3.63) is 42.4 Å². The summed E-state index contributed by atoms with van der Waals surface area (Å²) in [6, 6.07) is 3.82. The summed E-state index contributed by atoms with van der Waals surface area (Å²) >= 11 is 0. The third-order valence-corrected chi connectivity index (χ3v) is 5.16. The number of imidazole rings is 1. The molecule has 0 spiro atoms. The van der Waals surface area contributed by atoms with Crippen molar-refractivity contribution in [1.82, 2.24) is 19.8 Å². The fourth-order valence-corrected chi connectivity index (χ4v) is 3.79. The number of hydrogen-bond acceptors (Lipinski definition) is 4. The third-order valence-electron chi connectivity index (χ3n) is 5.16. The van der Waals surface area contributed by atoms with E-state index in [0.29, 0.717) is 13.2 Å². The lowest BCUT2D eigenvalue weighted by Crippen LogP contribution is -2.45. The molecule has 25 heavy (non-hydrogen) atoms. The molecule has 2 aliphatic heterocycles. The molecule has 134 valence electrons. The number of ether oxygens (including phenoxy) is 1. The van der Waals surface area contributed by atoms with Gasteiger partial charge in [0.2, 0.25) is 0 Å². The van der Waals surface area contributed by atoms with E-state index in [2.05, 4.69) is 21.8 Å². The smallest absolute Gasteiger partial charge is 0.317 e. The zero-order valence-electron chi connectivity index (χ0n) is 14.4. The second-order valence-electron chi connectivity index (χ2n) is 6.65. The number of urea groups is 1. The molecule has 4 rings (SSSR count). The third kappa shape index (κ3) is 3.16. The SMILES string of the molecule is CCn1ccnc1[C@@H]1OCC[C@H]1NC(=O)N1CCC(c2ccco2)C1. The van der Waals surface area contributed by atoms with Crippen molar-refractivity contribution in [1.29, 1.82) is 0 Å². The van der Waals surface area contributed by atoms with E-state index in [1.807, 2.05) is 23.2 Å². The predicted molar refractivity (Wildman–Crippen MR) is 91.2 cm³/mol. The lowest BCUT2D eigenvalue weighted by atomic mass is 10.1. The van der Waals surface area contributed by atoms with Crippen LogP contribution in [-0.2, 0) is 11.3 Å². The van der Waals surface area contributed by atoms with Gasteiger partial charge in [-0.15, -0.1) is 0 Å². The van der Waals surface area contributed by atoms with Crippen LogP contribution in [0.1, 0.15) is 43.4 Å². The van der Waals surface area contributed by atoms with E-state index in [0.717, 1.165) is 37.5 Å². The molecule has 0 aliphatic carbocycles. The molecule has 1 unspecified atom stereocenters. The number of aromatic nitrogens is 2. The minimum atomic E-state index is -0.178. The van der Waals surface area contributed by atoms with E-state index in [-0.39, 0.29) is 24.1 Å². The van der Waals surface area contributed by atoms with Gasteiger partial charge in [-0.2, -0.15) is 0 Å². The van der Waals surface area contributed by atoms with Gasteiger partial charge in [0.15, 0.2) is 0 Å². The number of amides is 2. The zero-order valence-corrected chi connectivity index (χ0v) is 14.4. The molecule has 0 aromatic carbocycles. The molecule has 2 aromatic heterocycles. The van der Waals surface area contributed by atoms with Crippen molar-refractivity contribution in [2.75, 3.05) is 19.7 Å². The van der Waals surface area contributed by atoms with Crippen LogP contribution in [0.2, 0.25) is 0 Å². The molecule has 2 fully saturated rings. The monoisotopic (exact) mass is 344 g/mol. The van der Waals surface area contributed by atoms with Gasteiger partial charge < -0.3 is 23.9 Å². The van der Waals surface area contributed by atoms with Crippen molar-refractivity contribution in [2.45, 2.75) is 44.4 Å². The van der Waals surface area contributed by atoms with Gasteiger partial charge in [0, 0.05) is 44.6 Å². The first-order chi connectivity index (χ1) is 12.3. The van der Waals surface area contributed by atoms with Gasteiger partial charge in [-0.25, -0.2) is 9.78 Å². The van der Waals surface area contributed by atoms with Crippen molar-refractivity contribution in [3.63, 3.8) is 0 Å². The van der Waals surface area contributed by atoms with Crippen molar-refractivity contribution < 1.29 is 13.9 Å². The molecule has 2 saturated heterocycles. The Morgan fingerprint density at radius 3 is 3.16 bits per heavy atom. The fourth-order valence-electron chi connectivity index (χ4n) is 3.79. The van der Waals surface area contributed by atoms with E-state index in [1.54, 1.807) is 12.5 Å². The summed E-state index contributed by atoms with van der Waals surface area (Å²) in [4.78, 5) is 19.0. The van der Waals surface area contributed by atoms with Gasteiger partial charge in [-0.1, -0.05) is 0 Å². The number of hydrogen-bond donors (Lipinski definition) is 1. The lowest BCUT2D eigenvalue weighted by molar-refractivity contribution is 0.0888. The summed E-state index contributed by atoms with van der Waals surface area (Å²) in [5.41, 5.74) is 0. The number of carbonyl (C=O) groups is 1. The van der Waals surface area contributed by atoms with E-state index in [1.165, 1.54) is 0 Å². The van der Waals surface area contributed by atoms with Gasteiger partial charge in [0.05, 0.1) is 12.3 Å². The maximum Gasteiger partial charge on any atom is 0.317 e. The normalized spacial score (nSPS) is 26.3. The zero-order chi connectivity index (χ0) is 17.2. The topological polar surface area (TPSA) is 72.5 Å². The molecule has 2 aromatic rings. The van der Waals surface area contributed by atoms with Crippen LogP contribution in [-0.4, -0.2) is 46.2 Å². The Hall–Kier alpha value is -2.28. The predicted octanol–water partition coefficient (Wildman–Crippen LogP) is 2.53. The highest BCUT2D eigenvalue weighted by molar-refractivity contribution is 5.75. The van der Waals surface area contributed by atoms with Crippen LogP contribution in [0.4, 0.5) is 4.79 Å². The highest BCUT2D eigenvalue weighted by Gasteiger charge is 2.36. The first-order valence-corrected chi connectivity index (χ1v) is 8.97. The lowest BCUT2D eigenvalue weighted by Gasteiger charge is -2.24. The van der Waals surface area contributed by atoms with Crippen LogP contribution in [0.5, 0.6) is 0 Å². The standard InChI is InChI=1S/C18H24N4O3/c1-2-21-9-7-19-17(21)16-14(6-11-25-16)20-18(23)22-8-5-13(12-22)15-4-3-10-24-15/h3-4,7,9-10,13-14,16H,2,5-6,8,11-12H2,1H3,(H,20,23)/t13?,14-,16-/m1/s1. The van der Waals surface area contributed by atoms with Gasteiger partial charge in [-0.3, -0.25) is 0 Å². The number of aryl methyl sites for hydroxylation is 1. The van der Waals surface area contributed by atoms with Crippen LogP contribution in [0.3, 0.4) is 0 Å². The van der Waals surface area contributed by atoms with E-state index in [4.69, 9.17) is 9.15 Å². The second kappa shape index (κ2) is 6.92. The highest BCUT2D eigenvalue weighted by Crippen LogP contribution is 2.30. The Kier molecular flexibility index (Phi) is 4.48. The Balaban J connectivity index is 1.39. The van der Waals surface area contributed by atoms with Crippen molar-refractivity contribution >= 4 is 6.03 Å². The minimum absolute atomic E-state index is 0.0239. The molecule has 2 amide bonds. The number of nitrogens with zero attached hydrogens (tertiary/aromatic N) is 3. The van der Waals surface area contributed by atoms with Crippen LogP contribution in [0, 0.1) is 0 Å². The fraction of sp³-hybridized carbons (Fsp3) is 0.556. The maximum atomic E-state index is 12.7. The summed E-state index contributed by atoms with van der Waals surface area (Å²) in [5.74, 6) is 2.14. The van der Waals surface area contributed by atoms with E-state index in [9.17, 15) is 4.79 Å². The summed E-state index contributed by atoms with van der Waals surface area (Å²) in [6.07, 6.45) is 6.99. The van der Waals surface area contributed by atoms with Crippen LogP contribution >= 0.6 is 0 Å². The molecule has 3 atom stereocenters. The van der Waals surface area contributed by atoms with Crippen LogP contribution in [0.25, 0.3) is 0 Å². The molecular weight excluding hydrogens is 320 g/mol. The number of likely N-dealkylation sites (tertiary alicyclic amines) is 1. The Bertz CT molecular complexity index is 712. The summed E-state index contributed by atoms with van der Waals surface area (Å²) in [5, 5.41) is 3.15. The Morgan fingerprint density at radius 2 is 2.36 bits per heavy atom. The number of rotatable bonds is 4. The van der Waals surface area contributed by atoms with Gasteiger partial charge >= 0.3 is 6.03 Å². The number of carbonyl (C=O) groups excluding carboxylic acids is 1. The summed E-state index contributed by atoms with van der Waals surface area (Å²) in [7, 11) is 0. The van der Waals surface area contributed by atoms with Gasteiger partial charge in [0.1, 0.15) is 17.7 Å². The molecule has 1 N–H and O–H groups in total. The molecule has 0 radical (unpaired) electrons. The average molecular weight is 344 g/mol. The van der Waals surface area contributed by atoms with Crippen molar-refractivity contribution in [2.24, 2.45) is 0 Å². The second-order valence-corrected chi connectivity index (χ2v) is 6.65. The Morgan fingerprint density at radius 1 is 1.44 bits per heavy atom. The molecular formula is C18H24N4O3. The first kappa shape index (κ1) is 16.2. The molecule has 7 nitrogen and oxygen atoms in total. The van der Waals surface area contributed by atoms with Gasteiger partial charge in [-0.05, 0) is 31.9 Å². The van der Waals surface area contributed by atoms with E-state index < -0.39 is 0 Å². The van der Waals surface area contributed by atoms with Crippen LogP contribution < -0.4 is 5.32 Å².